The first kappa shape index (κ1) is 31.2. The minimum Gasteiger partial charge on any atom is -0.493 e. The molecule has 1 saturated carbocycles. The maximum Gasteiger partial charge on any atom is 0.254 e. The van der Waals surface area contributed by atoms with Gasteiger partial charge in [-0.2, -0.15) is 0 Å². The highest BCUT2D eigenvalue weighted by Gasteiger charge is 2.33. The molecule has 2 fully saturated rings. The first-order chi connectivity index (χ1) is 18.8. The normalized spacial score (nSPS) is 19.7. The Hall–Kier alpha value is -2.36. The summed E-state index contributed by atoms with van der Waals surface area (Å²) in [6, 6.07) is 5.30. The lowest BCUT2D eigenvalue weighted by atomic mass is 9.89. The van der Waals surface area contributed by atoms with E-state index in [1.807, 2.05) is 30.7 Å². The van der Waals surface area contributed by atoms with Gasteiger partial charge in [0.05, 0.1) is 19.8 Å². The Bertz CT molecular complexity index is 905. The average molecular weight is 548 g/mol. The van der Waals surface area contributed by atoms with Crippen molar-refractivity contribution in [1.82, 2.24) is 15.1 Å². The number of carbonyl (C=O) groups is 2. The van der Waals surface area contributed by atoms with Crippen molar-refractivity contribution in [1.29, 1.82) is 0 Å². The molecular formula is C30H49N3O6. The predicted molar refractivity (Wildman–Crippen MR) is 151 cm³/mol. The molecular weight excluding hydrogens is 498 g/mol. The summed E-state index contributed by atoms with van der Waals surface area (Å²) in [5.41, 5.74) is 0.550. The first-order valence-corrected chi connectivity index (χ1v) is 14.5. The molecule has 2 amide bonds. The Labute approximate surface area is 234 Å². The van der Waals surface area contributed by atoms with Crippen LogP contribution >= 0.6 is 0 Å². The third-order valence-corrected chi connectivity index (χ3v) is 7.86. The van der Waals surface area contributed by atoms with Gasteiger partial charge in [0.25, 0.3) is 5.91 Å². The minimum atomic E-state index is -0.123. The van der Waals surface area contributed by atoms with Gasteiger partial charge < -0.3 is 34.1 Å². The Morgan fingerprint density at radius 1 is 1.03 bits per heavy atom. The van der Waals surface area contributed by atoms with Crippen LogP contribution in [-0.2, 0) is 14.3 Å². The number of rotatable bonds is 15. The molecule has 0 radical (unpaired) electrons. The Balaban J connectivity index is 1.58. The fourth-order valence-electron chi connectivity index (χ4n) is 5.49. The van der Waals surface area contributed by atoms with Crippen LogP contribution in [-0.4, -0.2) is 101 Å². The zero-order valence-corrected chi connectivity index (χ0v) is 24.6. The number of carbonyl (C=O) groups excluding carboxylic acids is 2. The van der Waals surface area contributed by atoms with Crippen molar-refractivity contribution in [2.45, 2.75) is 64.5 Å². The molecule has 9 nitrogen and oxygen atoms in total. The van der Waals surface area contributed by atoms with E-state index in [1.54, 1.807) is 32.4 Å². The molecule has 3 rings (SSSR count). The predicted octanol–water partition coefficient (Wildman–Crippen LogP) is 3.60. The maximum absolute atomic E-state index is 13.6. The maximum atomic E-state index is 13.6. The molecule has 39 heavy (non-hydrogen) atoms. The van der Waals surface area contributed by atoms with E-state index >= 15 is 0 Å². The summed E-state index contributed by atoms with van der Waals surface area (Å²) in [5.74, 6) is 1.79. The van der Waals surface area contributed by atoms with Gasteiger partial charge in [0, 0.05) is 70.9 Å². The van der Waals surface area contributed by atoms with Crippen LogP contribution in [0.1, 0.15) is 62.7 Å². The number of nitrogens with one attached hydrogen (secondary N) is 1. The lowest BCUT2D eigenvalue weighted by Crippen LogP contribution is -2.44. The summed E-state index contributed by atoms with van der Waals surface area (Å²) in [7, 11) is 5.13. The molecule has 2 atom stereocenters. The van der Waals surface area contributed by atoms with E-state index in [0.717, 1.165) is 19.5 Å². The van der Waals surface area contributed by atoms with Gasteiger partial charge in [-0.15, -0.1) is 0 Å². The molecule has 2 unspecified atom stereocenters. The van der Waals surface area contributed by atoms with Crippen LogP contribution in [0.25, 0.3) is 0 Å². The van der Waals surface area contributed by atoms with Gasteiger partial charge in [0.1, 0.15) is 6.61 Å². The van der Waals surface area contributed by atoms with Gasteiger partial charge in [0.2, 0.25) is 5.91 Å². The number of hydrogen-bond donors (Lipinski definition) is 1. The van der Waals surface area contributed by atoms with Crippen LogP contribution in [0.3, 0.4) is 0 Å². The fraction of sp³-hybridized carbons (Fsp3) is 0.733. The number of nitrogens with zero attached hydrogens (tertiary/aromatic N) is 2. The van der Waals surface area contributed by atoms with Crippen LogP contribution in [0, 0.1) is 11.8 Å². The zero-order valence-electron chi connectivity index (χ0n) is 24.6. The van der Waals surface area contributed by atoms with Gasteiger partial charge in [-0.3, -0.25) is 9.59 Å². The summed E-state index contributed by atoms with van der Waals surface area (Å²) < 4.78 is 22.5. The van der Waals surface area contributed by atoms with Crippen molar-refractivity contribution in [3.05, 3.63) is 23.8 Å². The molecule has 1 aromatic carbocycles. The molecule has 1 heterocycles. The molecule has 1 aromatic rings. The van der Waals surface area contributed by atoms with Gasteiger partial charge in [-0.05, 0) is 50.8 Å². The molecule has 2 aliphatic rings. The highest BCUT2D eigenvalue weighted by Crippen LogP contribution is 2.29. The van der Waals surface area contributed by atoms with Gasteiger partial charge in [0.15, 0.2) is 11.5 Å². The summed E-state index contributed by atoms with van der Waals surface area (Å²) in [6.07, 6.45) is 6.88. The summed E-state index contributed by atoms with van der Waals surface area (Å²) >= 11 is 0. The van der Waals surface area contributed by atoms with Crippen molar-refractivity contribution in [2.75, 3.05) is 67.3 Å². The van der Waals surface area contributed by atoms with E-state index in [9.17, 15) is 9.59 Å². The average Bonchev–Trinajstić information content (AvgIpc) is 3.39. The monoisotopic (exact) mass is 547 g/mol. The molecule has 220 valence electrons. The smallest absolute Gasteiger partial charge is 0.254 e. The number of ether oxygens (including phenoxy) is 4. The summed E-state index contributed by atoms with van der Waals surface area (Å²) in [4.78, 5) is 30.1. The van der Waals surface area contributed by atoms with Crippen LogP contribution in [0.2, 0.25) is 0 Å². The van der Waals surface area contributed by atoms with Crippen LogP contribution in [0.5, 0.6) is 11.5 Å². The number of amides is 2. The highest BCUT2D eigenvalue weighted by molar-refractivity contribution is 5.95. The largest absolute Gasteiger partial charge is 0.493 e. The highest BCUT2D eigenvalue weighted by atomic mass is 16.5. The molecule has 9 heteroatoms. The van der Waals surface area contributed by atoms with E-state index in [2.05, 4.69) is 5.32 Å². The standard InChI is InChI=1S/C30H49N3O6/c1-22(2)33(30(35)24-12-13-26(37-5)27(16-24)38-15-9-14-36-4)20-25-17-31-18-28(25)39-21-29(34)32(3)19-23-10-7-6-8-11-23/h12-13,16,22-23,25,28,31H,6-11,14-15,17-21H2,1-5H3. The lowest BCUT2D eigenvalue weighted by Gasteiger charge is -2.32. The topological polar surface area (TPSA) is 89.6 Å². The van der Waals surface area contributed by atoms with Crippen LogP contribution in [0.15, 0.2) is 18.2 Å². The third-order valence-electron chi connectivity index (χ3n) is 7.86. The SMILES string of the molecule is COCCCOc1cc(C(=O)N(CC2CNCC2OCC(=O)N(C)CC2CCCCC2)C(C)C)ccc1OC. The molecule has 1 aliphatic carbocycles. The van der Waals surface area contributed by atoms with E-state index in [4.69, 9.17) is 18.9 Å². The Morgan fingerprint density at radius 3 is 2.49 bits per heavy atom. The minimum absolute atomic E-state index is 0.00446. The first-order valence-electron chi connectivity index (χ1n) is 14.5. The second-order valence-electron chi connectivity index (χ2n) is 11.2. The fourth-order valence-corrected chi connectivity index (χ4v) is 5.49. The van der Waals surface area contributed by atoms with E-state index in [1.165, 1.54) is 32.1 Å². The van der Waals surface area contributed by atoms with Gasteiger partial charge in [-0.1, -0.05) is 19.3 Å². The second kappa shape index (κ2) is 16.0. The number of methoxy groups -OCH3 is 2. The van der Waals surface area contributed by atoms with E-state index in [-0.39, 0.29) is 36.5 Å². The summed E-state index contributed by atoms with van der Waals surface area (Å²) in [6.45, 7) is 7.94. The van der Waals surface area contributed by atoms with Crippen LogP contribution < -0.4 is 14.8 Å². The molecule has 1 N–H and O–H groups in total. The number of benzene rings is 1. The molecule has 1 aliphatic heterocycles. The summed E-state index contributed by atoms with van der Waals surface area (Å²) in [5, 5.41) is 3.39. The number of likely N-dealkylation sites (N-methyl/N-ethyl adjacent to an activating group) is 1. The van der Waals surface area contributed by atoms with Crippen LogP contribution in [0.4, 0.5) is 0 Å². The van der Waals surface area contributed by atoms with Crippen molar-refractivity contribution in [3.8, 4) is 11.5 Å². The zero-order chi connectivity index (χ0) is 28.2. The Morgan fingerprint density at radius 2 is 1.79 bits per heavy atom. The van der Waals surface area contributed by atoms with Gasteiger partial charge in [-0.25, -0.2) is 0 Å². The Kier molecular flexibility index (Phi) is 12.8. The van der Waals surface area contributed by atoms with E-state index in [0.29, 0.717) is 49.3 Å². The van der Waals surface area contributed by atoms with Crippen molar-refractivity contribution in [3.63, 3.8) is 0 Å². The lowest BCUT2D eigenvalue weighted by molar-refractivity contribution is -0.138. The number of hydrogen-bond acceptors (Lipinski definition) is 7. The van der Waals surface area contributed by atoms with E-state index < -0.39 is 0 Å². The van der Waals surface area contributed by atoms with Crippen molar-refractivity contribution >= 4 is 11.8 Å². The quantitative estimate of drug-likeness (QED) is 0.336. The molecule has 1 saturated heterocycles. The van der Waals surface area contributed by atoms with Gasteiger partial charge >= 0.3 is 0 Å². The van der Waals surface area contributed by atoms with Crippen molar-refractivity contribution < 1.29 is 28.5 Å². The van der Waals surface area contributed by atoms with Crippen molar-refractivity contribution in [2.24, 2.45) is 11.8 Å². The molecule has 0 aromatic heterocycles. The molecule has 0 bridgehead atoms. The third kappa shape index (κ3) is 9.36. The second-order valence-corrected chi connectivity index (χ2v) is 11.2. The molecule has 0 spiro atoms.